The Morgan fingerprint density at radius 1 is 1.19 bits per heavy atom. The zero-order chi connectivity index (χ0) is 12.1. The molecule has 0 N–H and O–H groups in total. The monoisotopic (exact) mass is 221 g/mol. The fourth-order valence-corrected chi connectivity index (χ4v) is 1.25. The van der Waals surface area contributed by atoms with E-state index in [9.17, 15) is 4.79 Å². The molecule has 0 aliphatic heterocycles. The number of carbonyl (C=O) groups is 1. The van der Waals surface area contributed by atoms with Crippen LogP contribution in [-0.2, 0) is 9.53 Å². The van der Waals surface area contributed by atoms with Crippen LogP contribution in [0, 0.1) is 0 Å². The van der Waals surface area contributed by atoms with E-state index in [1.54, 1.807) is 0 Å². The summed E-state index contributed by atoms with van der Waals surface area (Å²) < 4.78 is 5.31. The first kappa shape index (κ1) is 12.7. The van der Waals surface area contributed by atoms with Crippen LogP contribution in [0.4, 0.5) is 0 Å². The Kier molecular flexibility index (Phi) is 4.50. The minimum absolute atomic E-state index is 0.188. The molecule has 0 aromatic heterocycles. The number of ether oxygens (including phenoxy) is 1. The van der Waals surface area contributed by atoms with E-state index in [-0.39, 0.29) is 18.1 Å². The second-order valence-corrected chi connectivity index (χ2v) is 4.13. The highest BCUT2D eigenvalue weighted by molar-refractivity contribution is 5.77. The van der Waals surface area contributed by atoms with Crippen molar-refractivity contribution in [3.8, 4) is 0 Å². The van der Waals surface area contributed by atoms with Gasteiger partial charge in [0, 0.05) is 0 Å². The van der Waals surface area contributed by atoms with Gasteiger partial charge in [-0.25, -0.2) is 0 Å². The van der Waals surface area contributed by atoms with Crippen molar-refractivity contribution < 1.29 is 9.53 Å². The van der Waals surface area contributed by atoms with E-state index in [0.717, 1.165) is 5.56 Å². The summed E-state index contributed by atoms with van der Waals surface area (Å²) >= 11 is 0. The first-order valence-corrected chi connectivity index (χ1v) is 5.44. The van der Waals surface area contributed by atoms with Crippen LogP contribution in [0.1, 0.15) is 25.3 Å². The quantitative estimate of drug-likeness (QED) is 0.577. The van der Waals surface area contributed by atoms with Gasteiger partial charge in [0.25, 0.3) is 0 Å². The van der Waals surface area contributed by atoms with Gasteiger partial charge in [-0.05, 0) is 33.5 Å². The third-order valence-corrected chi connectivity index (χ3v) is 2.67. The molecule has 3 heteroatoms. The minimum atomic E-state index is -0.219. The summed E-state index contributed by atoms with van der Waals surface area (Å²) in [7, 11) is 3.76. The van der Waals surface area contributed by atoms with Crippen molar-refractivity contribution in [1.29, 1.82) is 0 Å². The van der Waals surface area contributed by atoms with Crippen molar-refractivity contribution in [2.24, 2.45) is 0 Å². The molecule has 0 aliphatic carbocycles. The Labute approximate surface area is 97.0 Å². The van der Waals surface area contributed by atoms with Gasteiger partial charge < -0.3 is 4.74 Å². The van der Waals surface area contributed by atoms with Gasteiger partial charge >= 0.3 is 5.97 Å². The topological polar surface area (TPSA) is 29.5 Å². The number of esters is 1. The number of nitrogens with zero attached hydrogens (tertiary/aromatic N) is 1. The maximum Gasteiger partial charge on any atom is 0.314 e. The second-order valence-electron chi connectivity index (χ2n) is 4.13. The van der Waals surface area contributed by atoms with Gasteiger partial charge in [0.15, 0.2) is 6.23 Å². The lowest BCUT2D eigenvalue weighted by molar-refractivity contribution is -0.156. The maximum atomic E-state index is 11.8. The Balaban J connectivity index is 2.62. The smallest absolute Gasteiger partial charge is 0.314 e. The zero-order valence-electron chi connectivity index (χ0n) is 10.3. The maximum absolute atomic E-state index is 11.8. The van der Waals surface area contributed by atoms with E-state index in [1.165, 1.54) is 0 Å². The van der Waals surface area contributed by atoms with Gasteiger partial charge in [-0.15, -0.1) is 0 Å². The van der Waals surface area contributed by atoms with Crippen molar-refractivity contribution >= 4 is 5.97 Å². The first-order valence-electron chi connectivity index (χ1n) is 5.44. The molecule has 0 saturated heterocycles. The van der Waals surface area contributed by atoms with E-state index in [2.05, 4.69) is 0 Å². The van der Waals surface area contributed by atoms with Crippen LogP contribution >= 0.6 is 0 Å². The SMILES string of the molecule is CC(C(=O)OC(C)N(C)C)c1ccccc1. The molecule has 0 aliphatic rings. The lowest BCUT2D eigenvalue weighted by atomic mass is 10.0. The van der Waals surface area contributed by atoms with Crippen LogP contribution in [0.25, 0.3) is 0 Å². The van der Waals surface area contributed by atoms with E-state index < -0.39 is 0 Å². The molecule has 1 aromatic rings. The third-order valence-electron chi connectivity index (χ3n) is 2.67. The molecule has 0 bridgehead atoms. The normalized spacial score (nSPS) is 14.6. The Hall–Kier alpha value is -1.35. The van der Waals surface area contributed by atoms with Gasteiger partial charge in [-0.3, -0.25) is 9.69 Å². The number of hydrogen-bond acceptors (Lipinski definition) is 3. The summed E-state index contributed by atoms with van der Waals surface area (Å²) in [6.07, 6.45) is -0.196. The predicted molar refractivity (Wildman–Crippen MR) is 64.1 cm³/mol. The molecule has 0 saturated carbocycles. The standard InChI is InChI=1S/C13H19NO2/c1-10(12-8-6-5-7-9-12)13(15)16-11(2)14(3)4/h5-11H,1-4H3. The molecule has 0 radical (unpaired) electrons. The summed E-state index contributed by atoms with van der Waals surface area (Å²) in [5.74, 6) is -0.406. The Morgan fingerprint density at radius 3 is 2.25 bits per heavy atom. The lowest BCUT2D eigenvalue weighted by Gasteiger charge is -2.22. The van der Waals surface area contributed by atoms with E-state index in [0.29, 0.717) is 0 Å². The highest BCUT2D eigenvalue weighted by atomic mass is 16.6. The molecule has 2 unspecified atom stereocenters. The lowest BCUT2D eigenvalue weighted by Crippen LogP contribution is -2.31. The number of rotatable bonds is 4. The molecule has 0 heterocycles. The summed E-state index contributed by atoms with van der Waals surface area (Å²) in [6.45, 7) is 3.72. The molecule has 88 valence electrons. The van der Waals surface area contributed by atoms with Gasteiger partial charge in [0.1, 0.15) is 0 Å². The van der Waals surface area contributed by atoms with Crippen LogP contribution in [0.2, 0.25) is 0 Å². The van der Waals surface area contributed by atoms with E-state index >= 15 is 0 Å². The number of hydrogen-bond donors (Lipinski definition) is 0. The fourth-order valence-electron chi connectivity index (χ4n) is 1.25. The fraction of sp³-hybridized carbons (Fsp3) is 0.462. The second kappa shape index (κ2) is 5.66. The highest BCUT2D eigenvalue weighted by Crippen LogP contribution is 2.17. The molecule has 0 fully saturated rings. The molecule has 2 atom stereocenters. The Morgan fingerprint density at radius 2 is 1.75 bits per heavy atom. The van der Waals surface area contributed by atoms with Crippen molar-refractivity contribution in [2.45, 2.75) is 26.0 Å². The van der Waals surface area contributed by atoms with Gasteiger partial charge in [-0.2, -0.15) is 0 Å². The summed E-state index contributed by atoms with van der Waals surface area (Å²) in [4.78, 5) is 13.7. The molecule has 0 amide bonds. The molecular formula is C13H19NO2. The average Bonchev–Trinajstić information content (AvgIpc) is 2.28. The number of benzene rings is 1. The van der Waals surface area contributed by atoms with Crippen LogP contribution in [0.15, 0.2) is 30.3 Å². The largest absolute Gasteiger partial charge is 0.446 e. The molecule has 0 spiro atoms. The number of carbonyl (C=O) groups excluding carboxylic acids is 1. The molecule has 3 nitrogen and oxygen atoms in total. The molecular weight excluding hydrogens is 202 g/mol. The minimum Gasteiger partial charge on any atom is -0.446 e. The first-order chi connectivity index (χ1) is 7.52. The van der Waals surface area contributed by atoms with E-state index in [1.807, 2.05) is 63.2 Å². The average molecular weight is 221 g/mol. The van der Waals surface area contributed by atoms with Crippen LogP contribution < -0.4 is 0 Å². The van der Waals surface area contributed by atoms with Crippen molar-refractivity contribution in [2.75, 3.05) is 14.1 Å². The van der Waals surface area contributed by atoms with Gasteiger partial charge in [0.2, 0.25) is 0 Å². The predicted octanol–water partition coefficient (Wildman–Crippen LogP) is 2.24. The van der Waals surface area contributed by atoms with Gasteiger partial charge in [0.05, 0.1) is 5.92 Å². The zero-order valence-corrected chi connectivity index (χ0v) is 10.3. The van der Waals surface area contributed by atoms with Crippen molar-refractivity contribution in [3.05, 3.63) is 35.9 Å². The highest BCUT2D eigenvalue weighted by Gasteiger charge is 2.19. The van der Waals surface area contributed by atoms with Crippen LogP contribution in [0.3, 0.4) is 0 Å². The summed E-state index contributed by atoms with van der Waals surface area (Å²) in [6, 6.07) is 9.66. The summed E-state index contributed by atoms with van der Waals surface area (Å²) in [5, 5.41) is 0. The van der Waals surface area contributed by atoms with E-state index in [4.69, 9.17) is 4.74 Å². The third kappa shape index (κ3) is 3.35. The van der Waals surface area contributed by atoms with Gasteiger partial charge in [-0.1, -0.05) is 30.3 Å². The molecule has 1 rings (SSSR count). The molecule has 1 aromatic carbocycles. The molecule has 16 heavy (non-hydrogen) atoms. The van der Waals surface area contributed by atoms with Crippen LogP contribution in [-0.4, -0.2) is 31.2 Å². The van der Waals surface area contributed by atoms with Crippen molar-refractivity contribution in [3.63, 3.8) is 0 Å². The summed E-state index contributed by atoms with van der Waals surface area (Å²) in [5.41, 5.74) is 0.985. The van der Waals surface area contributed by atoms with Crippen molar-refractivity contribution in [1.82, 2.24) is 4.90 Å². The van der Waals surface area contributed by atoms with Crippen LogP contribution in [0.5, 0.6) is 0 Å². The Bertz CT molecular complexity index is 335.